The van der Waals surface area contributed by atoms with E-state index in [1.807, 2.05) is 20.1 Å². The lowest BCUT2D eigenvalue weighted by atomic mass is 10.0. The number of urea groups is 1. The van der Waals surface area contributed by atoms with E-state index in [0.717, 1.165) is 5.56 Å². The van der Waals surface area contributed by atoms with Gasteiger partial charge in [0.15, 0.2) is 0 Å². The standard InChI is InChI=1S/C34H50N8O7S/c1-21(2)30(38-28(43)11-7-6-8-17-41-29(44)18-27(50-5)32(41)46)25-19-42(40-39-25)26(10-9-16-36-34(35)48)31(45)37-24-14-12-23(13-15-24)20-49-33(47)22(3)4/h12-15,19,21-22,26-27,30H,6-11,16-18,20H2,1-5H3,(H,37,45)(H,38,43)(H3,35,36,48)/t26-,27?,30-/m0/s1. The zero-order chi connectivity index (χ0) is 36.8. The van der Waals surface area contributed by atoms with Crippen LogP contribution >= 0.6 is 11.8 Å². The first kappa shape index (κ1) is 40.0. The minimum atomic E-state index is -0.790. The first-order valence-electron chi connectivity index (χ1n) is 17.0. The van der Waals surface area contributed by atoms with Gasteiger partial charge in [-0.05, 0) is 55.6 Å². The molecule has 6 amide bonds. The molecule has 5 N–H and O–H groups in total. The number of anilines is 1. The predicted molar refractivity (Wildman–Crippen MR) is 188 cm³/mol. The van der Waals surface area contributed by atoms with Gasteiger partial charge in [0.2, 0.25) is 23.6 Å². The third-order valence-electron chi connectivity index (χ3n) is 8.25. The van der Waals surface area contributed by atoms with Crippen LogP contribution in [0, 0.1) is 11.8 Å². The van der Waals surface area contributed by atoms with E-state index in [9.17, 15) is 28.8 Å². The summed E-state index contributed by atoms with van der Waals surface area (Å²) in [5.41, 5.74) is 7.00. The van der Waals surface area contributed by atoms with Crippen LogP contribution in [0.15, 0.2) is 30.5 Å². The minimum absolute atomic E-state index is 0.0361. The van der Waals surface area contributed by atoms with E-state index in [2.05, 4.69) is 26.3 Å². The summed E-state index contributed by atoms with van der Waals surface area (Å²) >= 11 is 1.39. The Labute approximate surface area is 297 Å². The van der Waals surface area contributed by atoms with E-state index in [0.29, 0.717) is 50.0 Å². The van der Waals surface area contributed by atoms with Crippen molar-refractivity contribution >= 4 is 53.1 Å². The number of likely N-dealkylation sites (tertiary alicyclic amines) is 1. The van der Waals surface area contributed by atoms with Crippen molar-refractivity contribution in [2.45, 2.75) is 96.6 Å². The number of esters is 1. The molecule has 16 heteroatoms. The van der Waals surface area contributed by atoms with Crippen LogP contribution < -0.4 is 21.7 Å². The van der Waals surface area contributed by atoms with Crippen LogP contribution in [0.3, 0.4) is 0 Å². The van der Waals surface area contributed by atoms with Crippen LogP contribution in [0.25, 0.3) is 0 Å². The van der Waals surface area contributed by atoms with Crippen LogP contribution in [0.2, 0.25) is 0 Å². The maximum Gasteiger partial charge on any atom is 0.312 e. The summed E-state index contributed by atoms with van der Waals surface area (Å²) in [6.45, 7) is 8.16. The van der Waals surface area contributed by atoms with Crippen LogP contribution in [0.1, 0.15) is 96.0 Å². The Morgan fingerprint density at radius 2 is 1.76 bits per heavy atom. The Morgan fingerprint density at radius 3 is 2.38 bits per heavy atom. The van der Waals surface area contributed by atoms with Gasteiger partial charge in [-0.15, -0.1) is 5.10 Å². The van der Waals surface area contributed by atoms with Gasteiger partial charge < -0.3 is 26.4 Å². The number of nitrogens with one attached hydrogen (secondary N) is 3. The summed E-state index contributed by atoms with van der Waals surface area (Å²) in [5, 5.41) is 16.7. The molecule has 2 heterocycles. The molecule has 15 nitrogen and oxygen atoms in total. The Hall–Kier alpha value is -4.47. The molecule has 1 aliphatic heterocycles. The molecule has 1 aromatic heterocycles. The number of hydrogen-bond donors (Lipinski definition) is 4. The maximum atomic E-state index is 13.5. The summed E-state index contributed by atoms with van der Waals surface area (Å²) < 4.78 is 6.72. The molecule has 1 fully saturated rings. The molecule has 1 aliphatic rings. The predicted octanol–water partition coefficient (Wildman–Crippen LogP) is 3.47. The molecule has 0 bridgehead atoms. The number of thioether (sulfide) groups is 1. The second kappa shape index (κ2) is 19.6. The SMILES string of the molecule is CSC1CC(=O)N(CCCCCC(=O)N[C@H](c2cn([C@@H](CCCNC(N)=O)C(=O)Nc3ccc(COC(=O)C(C)C)cc3)nn2)C(C)C)C1=O. The number of nitrogens with two attached hydrogens (primary N) is 1. The molecule has 0 aliphatic carbocycles. The summed E-state index contributed by atoms with van der Waals surface area (Å²) in [4.78, 5) is 75.2. The monoisotopic (exact) mass is 714 g/mol. The molecule has 0 saturated carbocycles. The highest BCUT2D eigenvalue weighted by molar-refractivity contribution is 8.00. The molecule has 0 spiro atoms. The topological polar surface area (TPSA) is 208 Å². The Kier molecular flexibility index (Phi) is 15.7. The molecule has 50 heavy (non-hydrogen) atoms. The molecular formula is C34H50N8O7S. The van der Waals surface area contributed by atoms with Gasteiger partial charge in [0, 0.05) is 31.6 Å². The number of imide groups is 1. The number of amides is 6. The molecule has 0 radical (unpaired) electrons. The van der Waals surface area contributed by atoms with Crippen molar-refractivity contribution < 1.29 is 33.5 Å². The average molecular weight is 715 g/mol. The Balaban J connectivity index is 1.60. The Morgan fingerprint density at radius 1 is 1.04 bits per heavy atom. The third-order valence-corrected chi connectivity index (χ3v) is 9.19. The first-order valence-corrected chi connectivity index (χ1v) is 18.3. The number of rotatable bonds is 20. The van der Waals surface area contributed by atoms with Gasteiger partial charge in [-0.3, -0.25) is 28.9 Å². The summed E-state index contributed by atoms with van der Waals surface area (Å²) in [5.74, 6) is -1.36. The van der Waals surface area contributed by atoms with Gasteiger partial charge in [-0.1, -0.05) is 51.5 Å². The molecule has 274 valence electrons. The van der Waals surface area contributed by atoms with Crippen molar-refractivity contribution in [2.24, 2.45) is 17.6 Å². The van der Waals surface area contributed by atoms with E-state index in [1.54, 1.807) is 44.3 Å². The largest absolute Gasteiger partial charge is 0.461 e. The van der Waals surface area contributed by atoms with E-state index in [-0.39, 0.29) is 72.7 Å². The number of ether oxygens (including phenoxy) is 1. The number of unbranched alkanes of at least 4 members (excludes halogenated alkanes) is 2. The Bertz CT molecular complexity index is 1480. The summed E-state index contributed by atoms with van der Waals surface area (Å²) in [6, 6.07) is 5.03. The number of aromatic nitrogens is 3. The number of hydrogen-bond acceptors (Lipinski definition) is 10. The van der Waals surface area contributed by atoms with E-state index < -0.39 is 18.1 Å². The smallest absolute Gasteiger partial charge is 0.312 e. The van der Waals surface area contributed by atoms with Crippen molar-refractivity contribution in [2.75, 3.05) is 24.7 Å². The van der Waals surface area contributed by atoms with Crippen LogP contribution in [0.5, 0.6) is 0 Å². The van der Waals surface area contributed by atoms with Crippen LogP contribution in [0.4, 0.5) is 10.5 Å². The molecule has 3 rings (SSSR count). The lowest BCUT2D eigenvalue weighted by molar-refractivity contribution is -0.148. The van der Waals surface area contributed by atoms with Crippen molar-refractivity contribution in [3.05, 3.63) is 41.7 Å². The highest BCUT2D eigenvalue weighted by Gasteiger charge is 2.37. The van der Waals surface area contributed by atoms with Crippen molar-refractivity contribution in [3.8, 4) is 0 Å². The minimum Gasteiger partial charge on any atom is -0.461 e. The van der Waals surface area contributed by atoms with Crippen LogP contribution in [-0.2, 0) is 35.3 Å². The molecular weight excluding hydrogens is 664 g/mol. The van der Waals surface area contributed by atoms with Gasteiger partial charge in [-0.2, -0.15) is 11.8 Å². The highest BCUT2D eigenvalue weighted by atomic mass is 32.2. The van der Waals surface area contributed by atoms with Gasteiger partial charge in [0.25, 0.3) is 0 Å². The van der Waals surface area contributed by atoms with Gasteiger partial charge >= 0.3 is 12.0 Å². The summed E-state index contributed by atoms with van der Waals surface area (Å²) in [6.07, 6.45) is 6.63. The zero-order valence-electron chi connectivity index (χ0n) is 29.5. The van der Waals surface area contributed by atoms with Crippen molar-refractivity contribution in [1.82, 2.24) is 30.5 Å². The molecule has 2 aromatic rings. The van der Waals surface area contributed by atoms with Gasteiger partial charge in [0.05, 0.1) is 23.4 Å². The zero-order valence-corrected chi connectivity index (χ0v) is 30.3. The molecule has 1 aromatic carbocycles. The van der Waals surface area contributed by atoms with Gasteiger partial charge in [-0.25, -0.2) is 9.48 Å². The fourth-order valence-corrected chi connectivity index (χ4v) is 5.98. The third kappa shape index (κ3) is 12.1. The van der Waals surface area contributed by atoms with E-state index >= 15 is 0 Å². The fraction of sp³-hybridized carbons (Fsp3) is 0.588. The van der Waals surface area contributed by atoms with Gasteiger partial charge in [0.1, 0.15) is 18.3 Å². The quantitative estimate of drug-likeness (QED) is 0.0892. The number of carbonyl (C=O) groups excluding carboxylic acids is 6. The highest BCUT2D eigenvalue weighted by Crippen LogP contribution is 2.25. The number of primary amides is 1. The molecule has 3 atom stereocenters. The lowest BCUT2D eigenvalue weighted by Crippen LogP contribution is -2.33. The molecule has 1 unspecified atom stereocenters. The normalized spacial score (nSPS) is 15.7. The van der Waals surface area contributed by atoms with E-state index in [4.69, 9.17) is 10.5 Å². The number of nitrogens with zero attached hydrogens (tertiary/aromatic N) is 4. The number of benzene rings is 1. The summed E-state index contributed by atoms with van der Waals surface area (Å²) in [7, 11) is 0. The van der Waals surface area contributed by atoms with Crippen molar-refractivity contribution in [1.29, 1.82) is 0 Å². The maximum absolute atomic E-state index is 13.5. The second-order valence-corrected chi connectivity index (χ2v) is 14.0. The second-order valence-electron chi connectivity index (χ2n) is 12.9. The first-order chi connectivity index (χ1) is 23.8. The fourth-order valence-electron chi connectivity index (χ4n) is 5.34. The number of carbonyl (C=O) groups is 6. The van der Waals surface area contributed by atoms with Crippen molar-refractivity contribution in [3.63, 3.8) is 0 Å². The van der Waals surface area contributed by atoms with E-state index in [1.165, 1.54) is 21.3 Å². The lowest BCUT2D eigenvalue weighted by Gasteiger charge is -2.20. The van der Waals surface area contributed by atoms with Crippen LogP contribution in [-0.4, -0.2) is 80.1 Å². The average Bonchev–Trinajstić information content (AvgIpc) is 3.66. The molecule has 1 saturated heterocycles.